The average Bonchev–Trinajstić information content (AvgIpc) is 2.82. The zero-order valence-corrected chi connectivity index (χ0v) is 14.7. The summed E-state index contributed by atoms with van der Waals surface area (Å²) in [7, 11) is -2.16. The minimum atomic E-state index is -3.63. The number of hydrogen-bond acceptors (Lipinski definition) is 3. The van der Waals surface area contributed by atoms with E-state index in [9.17, 15) is 17.6 Å². The SMILES string of the molecule is CCN1CC(CN(C)S(=O)(=O)Cc2cc(F)ccc2Cl)CC1=O. The molecule has 0 spiro atoms. The molecule has 8 heteroatoms. The van der Waals surface area contributed by atoms with E-state index in [4.69, 9.17) is 11.6 Å². The van der Waals surface area contributed by atoms with Gasteiger partial charge in [0.15, 0.2) is 0 Å². The molecule has 1 amide bonds. The van der Waals surface area contributed by atoms with Gasteiger partial charge in [-0.1, -0.05) is 11.6 Å². The van der Waals surface area contributed by atoms with Gasteiger partial charge in [-0.2, -0.15) is 0 Å². The van der Waals surface area contributed by atoms with Crippen LogP contribution in [0, 0.1) is 11.7 Å². The molecule has 1 aliphatic heterocycles. The molecule has 23 heavy (non-hydrogen) atoms. The van der Waals surface area contributed by atoms with Crippen molar-refractivity contribution in [1.29, 1.82) is 0 Å². The second-order valence-electron chi connectivity index (χ2n) is 5.77. The number of halogens is 2. The number of amides is 1. The van der Waals surface area contributed by atoms with Gasteiger partial charge < -0.3 is 4.90 Å². The van der Waals surface area contributed by atoms with Gasteiger partial charge in [0.05, 0.1) is 5.75 Å². The number of carbonyl (C=O) groups excluding carboxylic acids is 1. The topological polar surface area (TPSA) is 57.7 Å². The molecule has 1 saturated heterocycles. The Morgan fingerprint density at radius 1 is 1.43 bits per heavy atom. The number of rotatable bonds is 6. The van der Waals surface area contributed by atoms with Crippen LogP contribution in [-0.4, -0.2) is 50.2 Å². The first kappa shape index (κ1) is 18.2. The highest BCUT2D eigenvalue weighted by molar-refractivity contribution is 7.88. The van der Waals surface area contributed by atoms with E-state index in [-0.39, 0.29) is 34.7 Å². The monoisotopic (exact) mass is 362 g/mol. The molecule has 0 bridgehead atoms. The van der Waals surface area contributed by atoms with Gasteiger partial charge in [0.1, 0.15) is 5.82 Å². The van der Waals surface area contributed by atoms with Gasteiger partial charge in [0.2, 0.25) is 15.9 Å². The van der Waals surface area contributed by atoms with E-state index in [0.717, 1.165) is 6.07 Å². The second kappa shape index (κ2) is 7.15. The van der Waals surface area contributed by atoms with Gasteiger partial charge in [-0.05, 0) is 36.6 Å². The summed E-state index contributed by atoms with van der Waals surface area (Å²) in [6.07, 6.45) is 0.356. The van der Waals surface area contributed by atoms with Crippen LogP contribution in [0.25, 0.3) is 0 Å². The molecule has 0 aliphatic carbocycles. The van der Waals surface area contributed by atoms with Crippen molar-refractivity contribution in [2.24, 2.45) is 5.92 Å². The Morgan fingerprint density at radius 3 is 2.74 bits per heavy atom. The van der Waals surface area contributed by atoms with Crippen LogP contribution in [-0.2, 0) is 20.6 Å². The molecule has 128 valence electrons. The Hall–Kier alpha value is -1.18. The van der Waals surface area contributed by atoms with Crippen molar-refractivity contribution in [2.45, 2.75) is 19.1 Å². The van der Waals surface area contributed by atoms with Gasteiger partial charge in [-0.3, -0.25) is 4.79 Å². The van der Waals surface area contributed by atoms with Gasteiger partial charge in [-0.25, -0.2) is 17.1 Å². The lowest BCUT2D eigenvalue weighted by atomic mass is 10.1. The molecule has 0 saturated carbocycles. The predicted molar refractivity (Wildman–Crippen MR) is 87.0 cm³/mol. The van der Waals surface area contributed by atoms with Crippen molar-refractivity contribution in [2.75, 3.05) is 26.7 Å². The van der Waals surface area contributed by atoms with Crippen LogP contribution in [0.15, 0.2) is 18.2 Å². The Kier molecular flexibility index (Phi) is 5.65. The first-order valence-electron chi connectivity index (χ1n) is 7.38. The Labute approximate surface area is 141 Å². The molecule has 1 unspecified atom stereocenters. The van der Waals surface area contributed by atoms with Crippen LogP contribution in [0.4, 0.5) is 4.39 Å². The second-order valence-corrected chi connectivity index (χ2v) is 8.26. The first-order valence-corrected chi connectivity index (χ1v) is 9.37. The highest BCUT2D eigenvalue weighted by atomic mass is 35.5. The molecule has 2 rings (SSSR count). The average molecular weight is 363 g/mol. The lowest BCUT2D eigenvalue weighted by Gasteiger charge is -2.21. The number of benzene rings is 1. The van der Waals surface area contributed by atoms with E-state index in [1.165, 1.54) is 23.5 Å². The fourth-order valence-electron chi connectivity index (χ4n) is 2.72. The normalized spacial score (nSPS) is 18.9. The lowest BCUT2D eigenvalue weighted by Crippen LogP contribution is -2.34. The number of carbonyl (C=O) groups is 1. The predicted octanol–water partition coefficient (Wildman–Crippen LogP) is 2.11. The van der Waals surface area contributed by atoms with E-state index in [2.05, 4.69) is 0 Å². The maximum absolute atomic E-state index is 13.3. The quantitative estimate of drug-likeness (QED) is 0.778. The van der Waals surface area contributed by atoms with E-state index >= 15 is 0 Å². The smallest absolute Gasteiger partial charge is 0.222 e. The number of likely N-dealkylation sites (tertiary alicyclic amines) is 1. The maximum atomic E-state index is 13.3. The molecule has 1 heterocycles. The van der Waals surface area contributed by atoms with Crippen molar-refractivity contribution < 1.29 is 17.6 Å². The molecule has 1 aliphatic rings. The van der Waals surface area contributed by atoms with Gasteiger partial charge in [-0.15, -0.1) is 0 Å². The summed E-state index contributed by atoms with van der Waals surface area (Å²) in [5.74, 6) is -0.859. The summed E-state index contributed by atoms with van der Waals surface area (Å²) in [5, 5.41) is 0.219. The van der Waals surface area contributed by atoms with Crippen LogP contribution in [0.2, 0.25) is 5.02 Å². The Morgan fingerprint density at radius 2 is 2.13 bits per heavy atom. The molecule has 1 aromatic carbocycles. The van der Waals surface area contributed by atoms with Crippen molar-refractivity contribution in [3.63, 3.8) is 0 Å². The summed E-state index contributed by atoms with van der Waals surface area (Å²) >= 11 is 5.93. The van der Waals surface area contributed by atoms with Crippen molar-refractivity contribution >= 4 is 27.5 Å². The molecule has 5 nitrogen and oxygen atoms in total. The van der Waals surface area contributed by atoms with Crippen molar-refractivity contribution in [3.8, 4) is 0 Å². The number of hydrogen-bond donors (Lipinski definition) is 0. The molecule has 0 N–H and O–H groups in total. The molecule has 1 fully saturated rings. The molecule has 1 atom stereocenters. The molecular weight excluding hydrogens is 343 g/mol. The maximum Gasteiger partial charge on any atom is 0.222 e. The lowest BCUT2D eigenvalue weighted by molar-refractivity contribution is -0.127. The molecule has 0 radical (unpaired) electrons. The minimum absolute atomic E-state index is 0.0230. The molecule has 0 aromatic heterocycles. The van der Waals surface area contributed by atoms with Crippen molar-refractivity contribution in [1.82, 2.24) is 9.21 Å². The minimum Gasteiger partial charge on any atom is -0.343 e. The third-order valence-corrected chi connectivity index (χ3v) is 6.16. The van der Waals surface area contributed by atoms with E-state index in [0.29, 0.717) is 19.5 Å². The van der Waals surface area contributed by atoms with E-state index < -0.39 is 15.8 Å². The largest absolute Gasteiger partial charge is 0.343 e. The summed E-state index contributed by atoms with van der Waals surface area (Å²) in [6, 6.07) is 3.66. The third-order valence-electron chi connectivity index (χ3n) is 4.01. The highest BCUT2D eigenvalue weighted by Crippen LogP contribution is 2.23. The fourth-order valence-corrected chi connectivity index (χ4v) is 4.27. The Bertz CT molecular complexity index is 696. The van der Waals surface area contributed by atoms with E-state index in [1.54, 1.807) is 4.90 Å². The van der Waals surface area contributed by atoms with Crippen LogP contribution in [0.1, 0.15) is 18.9 Å². The Balaban J connectivity index is 2.04. The summed E-state index contributed by atoms with van der Waals surface area (Å²) in [6.45, 7) is 3.35. The standard InChI is InChI=1S/C15H20ClFN2O3S/c1-3-19-9-11(6-15(19)20)8-18(2)23(21,22)10-12-7-13(17)4-5-14(12)16/h4-5,7,11H,3,6,8-10H2,1-2H3. The number of nitrogens with zero attached hydrogens (tertiary/aromatic N) is 2. The zero-order valence-electron chi connectivity index (χ0n) is 13.1. The molecule has 1 aromatic rings. The highest BCUT2D eigenvalue weighted by Gasteiger charge is 2.31. The van der Waals surface area contributed by atoms with Gasteiger partial charge in [0, 0.05) is 38.1 Å². The summed E-state index contributed by atoms with van der Waals surface area (Å²) < 4.78 is 39.4. The van der Waals surface area contributed by atoms with Crippen LogP contribution in [0.5, 0.6) is 0 Å². The number of sulfonamides is 1. The zero-order chi connectivity index (χ0) is 17.2. The van der Waals surface area contributed by atoms with E-state index in [1.807, 2.05) is 6.92 Å². The fraction of sp³-hybridized carbons (Fsp3) is 0.533. The summed E-state index contributed by atoms with van der Waals surface area (Å²) in [5.41, 5.74) is 0.233. The first-order chi connectivity index (χ1) is 10.7. The van der Waals surface area contributed by atoms with Crippen LogP contribution >= 0.6 is 11.6 Å². The van der Waals surface area contributed by atoms with Gasteiger partial charge >= 0.3 is 0 Å². The molecular formula is C15H20ClFN2O3S. The van der Waals surface area contributed by atoms with Crippen LogP contribution in [0.3, 0.4) is 0 Å². The van der Waals surface area contributed by atoms with Crippen LogP contribution < -0.4 is 0 Å². The van der Waals surface area contributed by atoms with Crippen molar-refractivity contribution in [3.05, 3.63) is 34.6 Å². The van der Waals surface area contributed by atoms with Gasteiger partial charge in [0.25, 0.3) is 0 Å². The third kappa shape index (κ3) is 4.43. The summed E-state index contributed by atoms with van der Waals surface area (Å²) in [4.78, 5) is 13.4.